The average Bonchev–Trinajstić information content (AvgIpc) is 2.77. The number of anilines is 1. The molecule has 0 saturated heterocycles. The van der Waals surface area contributed by atoms with E-state index in [2.05, 4.69) is 5.32 Å². The molecule has 0 unspecified atom stereocenters. The van der Waals surface area contributed by atoms with Gasteiger partial charge in [-0.25, -0.2) is 0 Å². The van der Waals surface area contributed by atoms with Crippen LogP contribution in [0.1, 0.15) is 29.2 Å². The minimum absolute atomic E-state index is 0.0625. The lowest BCUT2D eigenvalue weighted by atomic mass is 10.1. The van der Waals surface area contributed by atoms with Gasteiger partial charge in [-0.05, 0) is 85.5 Å². The van der Waals surface area contributed by atoms with E-state index >= 15 is 0 Å². The highest BCUT2D eigenvalue weighted by atomic mass is 35.5. The van der Waals surface area contributed by atoms with Crippen LogP contribution >= 0.6 is 23.2 Å². The Bertz CT molecular complexity index is 1240. The zero-order chi connectivity index (χ0) is 24.7. The lowest BCUT2D eigenvalue weighted by Gasteiger charge is -2.15. The summed E-state index contributed by atoms with van der Waals surface area (Å²) in [6, 6.07) is 18.3. The number of hydrogen-bond acceptors (Lipinski definition) is 4. The van der Waals surface area contributed by atoms with Gasteiger partial charge in [-0.15, -0.1) is 0 Å². The highest BCUT2D eigenvalue weighted by Crippen LogP contribution is 2.38. The SMILES string of the molecule is CCOc1cc(/C=C(\C#N)C(=O)Nc2cc(C)cc(C)c2)cc(Cl)c1OCc1ccc(Cl)cc1. The molecule has 1 amide bonds. The molecule has 7 heteroatoms. The van der Waals surface area contributed by atoms with Crippen LogP contribution in [-0.4, -0.2) is 12.5 Å². The summed E-state index contributed by atoms with van der Waals surface area (Å²) in [6.07, 6.45) is 1.47. The van der Waals surface area contributed by atoms with Gasteiger partial charge in [0.25, 0.3) is 5.91 Å². The smallest absolute Gasteiger partial charge is 0.266 e. The lowest BCUT2D eigenvalue weighted by molar-refractivity contribution is -0.112. The maximum atomic E-state index is 12.7. The molecule has 0 aliphatic heterocycles. The third-order valence-corrected chi connectivity index (χ3v) is 5.32. The normalized spacial score (nSPS) is 11.0. The maximum Gasteiger partial charge on any atom is 0.266 e. The summed E-state index contributed by atoms with van der Waals surface area (Å²) in [7, 11) is 0. The van der Waals surface area contributed by atoms with Gasteiger partial charge in [0.2, 0.25) is 0 Å². The zero-order valence-corrected chi connectivity index (χ0v) is 20.6. The molecule has 34 heavy (non-hydrogen) atoms. The van der Waals surface area contributed by atoms with Crippen molar-refractivity contribution in [3.8, 4) is 17.6 Å². The summed E-state index contributed by atoms with van der Waals surface area (Å²) in [6.45, 7) is 6.39. The van der Waals surface area contributed by atoms with Crippen LogP contribution < -0.4 is 14.8 Å². The molecule has 174 valence electrons. The van der Waals surface area contributed by atoms with E-state index in [4.69, 9.17) is 32.7 Å². The molecule has 3 rings (SSSR count). The molecule has 0 spiro atoms. The third-order valence-electron chi connectivity index (χ3n) is 4.78. The van der Waals surface area contributed by atoms with Crippen molar-refractivity contribution in [1.82, 2.24) is 0 Å². The highest BCUT2D eigenvalue weighted by molar-refractivity contribution is 6.32. The summed E-state index contributed by atoms with van der Waals surface area (Å²) < 4.78 is 11.6. The van der Waals surface area contributed by atoms with Crippen molar-refractivity contribution < 1.29 is 14.3 Å². The standard InChI is InChI=1S/C27H24Cl2N2O3/c1-4-33-25-14-20(13-24(29)26(25)34-16-19-5-7-22(28)8-6-19)12-21(15-30)27(32)31-23-10-17(2)9-18(3)11-23/h5-14H,4,16H2,1-3H3,(H,31,32)/b21-12+. The molecule has 0 aliphatic rings. The van der Waals surface area contributed by atoms with E-state index in [0.29, 0.717) is 39.4 Å². The molecular weight excluding hydrogens is 471 g/mol. The van der Waals surface area contributed by atoms with Crippen LogP contribution in [0.4, 0.5) is 5.69 Å². The van der Waals surface area contributed by atoms with Gasteiger partial charge in [0.1, 0.15) is 18.2 Å². The summed E-state index contributed by atoms with van der Waals surface area (Å²) in [5, 5.41) is 13.3. The monoisotopic (exact) mass is 494 g/mol. The van der Waals surface area contributed by atoms with Crippen molar-refractivity contribution in [3.05, 3.63) is 92.5 Å². The van der Waals surface area contributed by atoms with E-state index in [-0.39, 0.29) is 12.2 Å². The molecule has 3 aromatic carbocycles. The Morgan fingerprint density at radius 3 is 2.32 bits per heavy atom. The van der Waals surface area contributed by atoms with Crippen molar-refractivity contribution in [2.45, 2.75) is 27.4 Å². The van der Waals surface area contributed by atoms with Gasteiger partial charge in [-0.1, -0.05) is 41.4 Å². The van der Waals surface area contributed by atoms with Gasteiger partial charge in [-0.3, -0.25) is 4.79 Å². The fourth-order valence-corrected chi connectivity index (χ4v) is 3.77. The Morgan fingerprint density at radius 2 is 1.71 bits per heavy atom. The Kier molecular flexibility index (Phi) is 8.59. The number of nitriles is 1. The lowest BCUT2D eigenvalue weighted by Crippen LogP contribution is -2.13. The number of nitrogens with zero attached hydrogens (tertiary/aromatic N) is 1. The predicted molar refractivity (Wildman–Crippen MR) is 137 cm³/mol. The molecule has 0 bridgehead atoms. The molecule has 5 nitrogen and oxygen atoms in total. The first-order valence-electron chi connectivity index (χ1n) is 10.6. The number of ether oxygens (including phenoxy) is 2. The molecule has 1 N–H and O–H groups in total. The average molecular weight is 495 g/mol. The molecule has 0 heterocycles. The quantitative estimate of drug-likeness (QED) is 0.267. The minimum Gasteiger partial charge on any atom is -0.490 e. The molecular formula is C27H24Cl2N2O3. The number of hydrogen-bond donors (Lipinski definition) is 1. The second kappa shape index (κ2) is 11.6. The van der Waals surface area contributed by atoms with Crippen molar-refractivity contribution in [2.24, 2.45) is 0 Å². The van der Waals surface area contributed by atoms with Gasteiger partial charge in [0.05, 0.1) is 11.6 Å². The Balaban J connectivity index is 1.85. The van der Waals surface area contributed by atoms with Gasteiger partial charge < -0.3 is 14.8 Å². The molecule has 0 aliphatic carbocycles. The van der Waals surface area contributed by atoms with Crippen LogP contribution in [0.25, 0.3) is 6.08 Å². The molecule has 0 aromatic heterocycles. The molecule has 3 aromatic rings. The van der Waals surface area contributed by atoms with Crippen LogP contribution in [-0.2, 0) is 11.4 Å². The van der Waals surface area contributed by atoms with E-state index in [1.807, 2.05) is 57.2 Å². The predicted octanol–water partition coefficient (Wildman–Crippen LogP) is 7.13. The number of carbonyl (C=O) groups excluding carboxylic acids is 1. The Labute approximate surface area is 209 Å². The van der Waals surface area contributed by atoms with E-state index in [0.717, 1.165) is 16.7 Å². The van der Waals surface area contributed by atoms with Crippen molar-refractivity contribution >= 4 is 40.9 Å². The van der Waals surface area contributed by atoms with Crippen molar-refractivity contribution in [3.63, 3.8) is 0 Å². The first-order chi connectivity index (χ1) is 16.3. The zero-order valence-electron chi connectivity index (χ0n) is 19.1. The van der Waals surface area contributed by atoms with E-state index in [9.17, 15) is 10.1 Å². The van der Waals surface area contributed by atoms with Gasteiger partial charge >= 0.3 is 0 Å². The summed E-state index contributed by atoms with van der Waals surface area (Å²) in [4.78, 5) is 12.7. The van der Waals surface area contributed by atoms with Gasteiger partial charge in [0, 0.05) is 10.7 Å². The van der Waals surface area contributed by atoms with Gasteiger partial charge in [-0.2, -0.15) is 5.26 Å². The summed E-state index contributed by atoms with van der Waals surface area (Å²) in [5.41, 5.74) is 4.05. The number of rotatable bonds is 8. The first kappa shape index (κ1) is 25.2. The van der Waals surface area contributed by atoms with Crippen LogP contribution in [0.3, 0.4) is 0 Å². The molecule has 0 fully saturated rings. The summed E-state index contributed by atoms with van der Waals surface area (Å²) >= 11 is 12.4. The highest BCUT2D eigenvalue weighted by Gasteiger charge is 2.15. The molecule has 0 saturated carbocycles. The van der Waals surface area contributed by atoms with Crippen LogP contribution in [0.15, 0.2) is 60.2 Å². The van der Waals surface area contributed by atoms with Crippen molar-refractivity contribution in [2.75, 3.05) is 11.9 Å². The van der Waals surface area contributed by atoms with Gasteiger partial charge in [0.15, 0.2) is 11.5 Å². The van der Waals surface area contributed by atoms with E-state index in [1.54, 1.807) is 24.3 Å². The fraction of sp³-hybridized carbons (Fsp3) is 0.185. The second-order valence-electron chi connectivity index (χ2n) is 7.68. The van der Waals surface area contributed by atoms with Crippen molar-refractivity contribution in [1.29, 1.82) is 5.26 Å². The fourth-order valence-electron chi connectivity index (χ4n) is 3.37. The maximum absolute atomic E-state index is 12.7. The van der Waals surface area contributed by atoms with Crippen LogP contribution in [0.5, 0.6) is 11.5 Å². The number of nitrogens with one attached hydrogen (secondary N) is 1. The minimum atomic E-state index is -0.510. The largest absolute Gasteiger partial charge is 0.490 e. The number of aryl methyl sites for hydroxylation is 2. The Morgan fingerprint density at radius 1 is 1.03 bits per heavy atom. The first-order valence-corrected chi connectivity index (χ1v) is 11.4. The number of carbonyl (C=O) groups is 1. The van der Waals surface area contributed by atoms with E-state index < -0.39 is 5.91 Å². The summed E-state index contributed by atoms with van der Waals surface area (Å²) in [5.74, 6) is 0.292. The number of halogens is 2. The molecule has 0 atom stereocenters. The van der Waals surface area contributed by atoms with Crippen LogP contribution in [0.2, 0.25) is 10.0 Å². The Hall–Kier alpha value is -3.46. The van der Waals surface area contributed by atoms with Crippen LogP contribution in [0, 0.1) is 25.2 Å². The molecule has 0 radical (unpaired) electrons. The topological polar surface area (TPSA) is 71.3 Å². The van der Waals surface area contributed by atoms with E-state index in [1.165, 1.54) is 6.08 Å². The number of benzene rings is 3. The second-order valence-corrected chi connectivity index (χ2v) is 8.52. The third kappa shape index (κ3) is 6.77. The number of amides is 1.